The van der Waals surface area contributed by atoms with E-state index < -0.39 is 5.41 Å². The van der Waals surface area contributed by atoms with E-state index in [1.54, 1.807) is 0 Å². The third-order valence-electron chi connectivity index (χ3n) is 16.2. The molecule has 382 valence electrons. The van der Waals surface area contributed by atoms with E-state index in [0.717, 1.165) is 93.8 Å². The van der Waals surface area contributed by atoms with Crippen molar-refractivity contribution < 1.29 is 24.1 Å². The number of ether oxygens (including phenoxy) is 1. The third kappa shape index (κ3) is 7.57. The molecule has 0 saturated carbocycles. The van der Waals surface area contributed by atoms with Gasteiger partial charge in [-0.15, -0.1) is 0 Å². The number of benzene rings is 11. The predicted octanol–water partition coefficient (Wildman–Crippen LogP) is 18.8. The van der Waals surface area contributed by atoms with Crippen LogP contribution in [0.15, 0.2) is 285 Å². The number of pyridine rings is 1. The van der Waals surface area contributed by atoms with Gasteiger partial charge in [0.05, 0.1) is 0 Å². The van der Waals surface area contributed by atoms with Gasteiger partial charge in [0, 0.05) is 11.8 Å². The summed E-state index contributed by atoms with van der Waals surface area (Å²) in [7, 11) is 0. The molecule has 1 aliphatic heterocycles. The Labute approximate surface area is 476 Å². The van der Waals surface area contributed by atoms with Gasteiger partial charge in [-0.3, -0.25) is 0 Å². The number of aromatic nitrogens is 3. The zero-order chi connectivity index (χ0) is 53.3. The second-order valence-electron chi connectivity index (χ2n) is 20.6. The van der Waals surface area contributed by atoms with Gasteiger partial charge in [0.2, 0.25) is 0 Å². The van der Waals surface area contributed by atoms with Crippen LogP contribution >= 0.6 is 0 Å². The quantitative estimate of drug-likeness (QED) is 0.144. The van der Waals surface area contributed by atoms with E-state index in [1.165, 1.54) is 44.5 Å². The van der Waals surface area contributed by atoms with Crippen LogP contribution in [0.4, 0.5) is 17.2 Å². The van der Waals surface area contributed by atoms with Crippen molar-refractivity contribution in [2.75, 3.05) is 4.90 Å². The number of anilines is 3. The van der Waals surface area contributed by atoms with Crippen LogP contribution in [-0.2, 0) is 24.8 Å². The molecule has 80 heavy (non-hydrogen) atoms. The second kappa shape index (κ2) is 19.4. The summed E-state index contributed by atoms with van der Waals surface area (Å²) in [6.45, 7) is 2.20. The zero-order valence-corrected chi connectivity index (χ0v) is 45.9. The summed E-state index contributed by atoms with van der Waals surface area (Å²) in [6.07, 6.45) is 2.04. The molecule has 0 fully saturated rings. The normalized spacial score (nSPS) is 12.7. The molecule has 2 aliphatic rings. The molecule has 13 aromatic rings. The number of rotatable bonds is 9. The Balaban J connectivity index is 0.871. The van der Waals surface area contributed by atoms with Crippen LogP contribution in [0.3, 0.4) is 0 Å². The Morgan fingerprint density at radius 2 is 0.863 bits per heavy atom. The summed E-state index contributed by atoms with van der Waals surface area (Å²) in [6, 6.07) is 100. The Morgan fingerprint density at radius 3 is 1.51 bits per heavy atom. The van der Waals surface area contributed by atoms with E-state index in [2.05, 4.69) is 319 Å². The van der Waals surface area contributed by atoms with Gasteiger partial charge in [0.25, 0.3) is 0 Å². The topological polar surface area (TPSA) is 35.2 Å². The van der Waals surface area contributed by atoms with Crippen molar-refractivity contribution in [3.8, 4) is 78.5 Å². The smallest absolute Gasteiger partial charge is 0.0622 e. The average Bonchev–Trinajstić information content (AvgIpc) is 3.62. The number of nitrogens with zero attached hydrogens (tertiary/aromatic N) is 4. The fourth-order valence-electron chi connectivity index (χ4n) is 12.7. The minimum Gasteiger partial charge on any atom is -0.0622 e. The molecule has 0 amide bonds. The summed E-state index contributed by atoms with van der Waals surface area (Å²) in [5.41, 5.74) is 23.5. The number of imidazole rings is 1. The van der Waals surface area contributed by atoms with Crippen molar-refractivity contribution in [3.05, 3.63) is 317 Å². The summed E-state index contributed by atoms with van der Waals surface area (Å²) in [5, 5.41) is 0. The molecule has 1 spiro atoms. The van der Waals surface area contributed by atoms with Gasteiger partial charge in [0.1, 0.15) is 0 Å². The van der Waals surface area contributed by atoms with Crippen molar-refractivity contribution >= 4 is 28.2 Å². The van der Waals surface area contributed by atoms with Crippen molar-refractivity contribution in [2.45, 2.75) is 12.3 Å². The van der Waals surface area contributed by atoms with Gasteiger partial charge < -0.3 is 0 Å². The first-order chi connectivity index (χ1) is 39.5. The van der Waals surface area contributed by atoms with Crippen LogP contribution in [0.5, 0.6) is 11.5 Å². The van der Waals surface area contributed by atoms with Crippen LogP contribution in [0.1, 0.15) is 27.8 Å². The molecule has 0 bridgehead atoms. The van der Waals surface area contributed by atoms with Crippen molar-refractivity contribution in [3.63, 3.8) is 0 Å². The van der Waals surface area contributed by atoms with Gasteiger partial charge in [-0.1, -0.05) is 121 Å². The standard InChI is InChI=1S/C74H50N4O.Pt/c1-50-45-72(75-48-63(50)55-41-39-52(40-42-55)51-21-5-2-6-22-51)78-68-36-16-15-35-66(68)74(64-33-13-11-29-61(64)62-30-12-14-34-65(62)74)67-44-43-58(47-71(67)78)79-57-28-19-27-56(46-57)76-49-77(70-38-18-17-37-69(70)76)73-59(53-23-7-3-8-24-53)31-20-32-60(73)54-25-9-4-10-26-54;/h2-48H,1H3;. The molecule has 15 rings (SSSR count). The van der Waals surface area contributed by atoms with Crippen molar-refractivity contribution in [1.29, 1.82) is 0 Å². The van der Waals surface area contributed by atoms with Crippen LogP contribution in [0.2, 0.25) is 0 Å². The SMILES string of the molecule is Cc1cc(N2c3ccccc3C3(c4ccccc4-c4ccccc43)c3ccc(Oc4cccc(-n5[c](=[Pt])n(-c6c(-c7ccccc7)cccc6-c6ccccc6)c6ccccc65)c4)cc32)ncc1-c1ccc(-c2ccccc2)cc1. The van der Waals surface area contributed by atoms with E-state index in [0.29, 0.717) is 0 Å². The molecule has 3 heterocycles. The number of aryl methyl sites for hydroxylation is 1. The van der Waals surface area contributed by atoms with E-state index in [4.69, 9.17) is 9.72 Å². The molecular formula is C74H50N4OPt. The second-order valence-corrected chi connectivity index (χ2v) is 21.6. The number of hydrogen-bond acceptors (Lipinski definition) is 3. The maximum atomic E-state index is 7.14. The van der Waals surface area contributed by atoms with Gasteiger partial charge in [-0.2, -0.15) is 0 Å². The molecule has 0 N–H and O–H groups in total. The zero-order valence-electron chi connectivity index (χ0n) is 43.6. The van der Waals surface area contributed by atoms with Gasteiger partial charge in [0.15, 0.2) is 0 Å². The summed E-state index contributed by atoms with van der Waals surface area (Å²) >= 11 is 2.52. The fourth-order valence-corrected chi connectivity index (χ4v) is 13.8. The Kier molecular flexibility index (Phi) is 11.5. The fraction of sp³-hybridized carbons (Fsp3) is 0.0270. The van der Waals surface area contributed by atoms with E-state index >= 15 is 0 Å². The number of fused-ring (bicyclic) bond motifs is 10. The number of para-hydroxylation sites is 4. The monoisotopic (exact) mass is 1210 g/mol. The summed E-state index contributed by atoms with van der Waals surface area (Å²) in [4.78, 5) is 7.71. The molecule has 1 aliphatic carbocycles. The first-order valence-corrected chi connectivity index (χ1v) is 28.2. The van der Waals surface area contributed by atoms with Crippen molar-refractivity contribution in [1.82, 2.24) is 14.1 Å². The Morgan fingerprint density at radius 1 is 0.375 bits per heavy atom. The van der Waals surface area contributed by atoms with Gasteiger partial charge in [-0.05, 0) is 40.3 Å². The predicted molar refractivity (Wildman–Crippen MR) is 322 cm³/mol. The number of hydrogen-bond donors (Lipinski definition) is 0. The van der Waals surface area contributed by atoms with E-state index in [-0.39, 0.29) is 0 Å². The van der Waals surface area contributed by atoms with Crippen LogP contribution in [-0.4, -0.2) is 14.1 Å². The molecule has 6 heteroatoms. The Hall–Kier alpha value is -9.67. The van der Waals surface area contributed by atoms with Crippen LogP contribution < -0.4 is 9.64 Å². The summed E-state index contributed by atoms with van der Waals surface area (Å²) < 4.78 is 12.9. The first kappa shape index (κ1) is 47.5. The van der Waals surface area contributed by atoms with Crippen LogP contribution in [0.25, 0.3) is 78.0 Å². The van der Waals surface area contributed by atoms with E-state index in [1.807, 2.05) is 6.20 Å². The molecule has 0 unspecified atom stereocenters. The van der Waals surface area contributed by atoms with Gasteiger partial charge >= 0.3 is 306 Å². The molecule has 0 saturated heterocycles. The Bertz CT molecular complexity index is 4500. The minimum absolute atomic E-state index is 0.606. The van der Waals surface area contributed by atoms with Crippen molar-refractivity contribution in [2.24, 2.45) is 0 Å². The molecule has 0 radical (unpaired) electrons. The third-order valence-corrected chi connectivity index (χ3v) is 17.2. The summed E-state index contributed by atoms with van der Waals surface area (Å²) in [5.74, 6) is 2.28. The first-order valence-electron chi connectivity index (χ1n) is 27.1. The average molecular weight is 1210 g/mol. The maximum absolute atomic E-state index is 7.14. The molecule has 5 nitrogen and oxygen atoms in total. The van der Waals surface area contributed by atoms with Gasteiger partial charge in [-0.25, -0.2) is 0 Å². The van der Waals surface area contributed by atoms with Crippen LogP contribution in [0, 0.1) is 10.7 Å². The molecular weight excluding hydrogens is 1160 g/mol. The molecule has 2 aromatic heterocycles. The van der Waals surface area contributed by atoms with E-state index in [9.17, 15) is 0 Å². The molecule has 11 aromatic carbocycles. The minimum atomic E-state index is -0.606. The molecule has 0 atom stereocenters.